The summed E-state index contributed by atoms with van der Waals surface area (Å²) in [7, 11) is 0. The minimum atomic E-state index is -1.61. The van der Waals surface area contributed by atoms with Gasteiger partial charge in [-0.3, -0.25) is 4.79 Å². The molecular formula is C15H11Cl2N2O3S-. The zero-order valence-corrected chi connectivity index (χ0v) is 14.3. The summed E-state index contributed by atoms with van der Waals surface area (Å²) in [5.74, 6) is -1.86. The van der Waals surface area contributed by atoms with Crippen LogP contribution < -0.4 is 5.11 Å². The zero-order valence-electron chi connectivity index (χ0n) is 12.0. The van der Waals surface area contributed by atoms with Gasteiger partial charge < -0.3 is 9.90 Å². The van der Waals surface area contributed by atoms with Gasteiger partial charge >= 0.3 is 0 Å². The van der Waals surface area contributed by atoms with Gasteiger partial charge in [0, 0.05) is 10.4 Å². The molecule has 1 atom stereocenters. The zero-order chi connectivity index (χ0) is 17.0. The number of alkyl halides is 1. The standard InChI is InChI=1S/C15H12Cl2N2O3S/c1-2-8-7-10(12(20)9-5-3-4-6-11(9)16)14(23-8)19-18-13(17)15(21)22/h3-7,13H,2H2,1H3,(H,21,22)/p-1/b19-18+. The number of rotatable bonds is 6. The van der Waals surface area contributed by atoms with Crippen LogP contribution >= 0.6 is 34.5 Å². The summed E-state index contributed by atoms with van der Waals surface area (Å²) in [5, 5.41) is 18.5. The van der Waals surface area contributed by atoms with Crippen LogP contribution in [0.1, 0.15) is 27.7 Å². The fourth-order valence-corrected chi connectivity index (χ4v) is 2.97. The normalized spacial score (nSPS) is 12.5. The van der Waals surface area contributed by atoms with E-state index < -0.39 is 11.5 Å². The largest absolute Gasteiger partial charge is 0.546 e. The SMILES string of the molecule is CCc1cc(C(=O)c2ccccc2Cl)c(/N=N/C(Cl)C(=O)[O-])s1. The molecule has 0 fully saturated rings. The molecule has 0 radical (unpaired) electrons. The number of halogens is 2. The second-order valence-corrected chi connectivity index (χ2v) is 6.40. The fourth-order valence-electron chi connectivity index (χ4n) is 1.78. The Morgan fingerprint density at radius 1 is 1.30 bits per heavy atom. The van der Waals surface area contributed by atoms with Gasteiger partial charge in [-0.05, 0) is 24.6 Å². The van der Waals surface area contributed by atoms with E-state index in [0.717, 1.165) is 4.88 Å². The lowest BCUT2D eigenvalue weighted by Crippen LogP contribution is -2.30. The highest BCUT2D eigenvalue weighted by Gasteiger charge is 2.19. The maximum Gasteiger partial charge on any atom is 0.197 e. The number of benzene rings is 1. The van der Waals surface area contributed by atoms with Crippen LogP contribution in [-0.4, -0.2) is 17.3 Å². The predicted octanol–water partition coefficient (Wildman–Crippen LogP) is 3.59. The molecule has 1 heterocycles. The van der Waals surface area contributed by atoms with Crippen LogP contribution in [0.3, 0.4) is 0 Å². The third-order valence-corrected chi connectivity index (χ3v) is 4.68. The van der Waals surface area contributed by atoms with Crippen LogP contribution in [0, 0.1) is 0 Å². The highest BCUT2D eigenvalue weighted by molar-refractivity contribution is 7.16. The third kappa shape index (κ3) is 4.16. The van der Waals surface area contributed by atoms with Crippen molar-refractivity contribution in [2.75, 3.05) is 0 Å². The molecule has 1 aromatic carbocycles. The first-order valence-electron chi connectivity index (χ1n) is 6.61. The number of ketones is 1. The van der Waals surface area contributed by atoms with Crippen LogP contribution in [0.4, 0.5) is 5.00 Å². The molecule has 0 bridgehead atoms. The van der Waals surface area contributed by atoms with Gasteiger partial charge in [-0.1, -0.05) is 42.3 Å². The summed E-state index contributed by atoms with van der Waals surface area (Å²) in [6, 6.07) is 8.36. The molecule has 0 spiro atoms. The summed E-state index contributed by atoms with van der Waals surface area (Å²) in [6.07, 6.45) is 0.702. The van der Waals surface area contributed by atoms with Crippen molar-refractivity contribution in [3.05, 3.63) is 51.4 Å². The first kappa shape index (κ1) is 17.6. The molecule has 1 aromatic heterocycles. The maximum atomic E-state index is 12.7. The molecule has 0 N–H and O–H groups in total. The molecule has 0 saturated heterocycles. The molecule has 23 heavy (non-hydrogen) atoms. The Morgan fingerprint density at radius 3 is 2.61 bits per heavy atom. The first-order valence-corrected chi connectivity index (χ1v) is 8.24. The number of carbonyl (C=O) groups excluding carboxylic acids is 2. The molecule has 120 valence electrons. The molecule has 8 heteroatoms. The van der Waals surface area contributed by atoms with Crippen LogP contribution in [0.2, 0.25) is 5.02 Å². The summed E-state index contributed by atoms with van der Waals surface area (Å²) in [4.78, 5) is 24.2. The average Bonchev–Trinajstić information content (AvgIpc) is 2.95. The summed E-state index contributed by atoms with van der Waals surface area (Å²) in [6.45, 7) is 1.93. The van der Waals surface area contributed by atoms with Gasteiger partial charge in [0.1, 0.15) is 5.00 Å². The van der Waals surface area contributed by atoms with E-state index >= 15 is 0 Å². The molecule has 2 rings (SSSR count). The minimum Gasteiger partial charge on any atom is -0.546 e. The summed E-state index contributed by atoms with van der Waals surface area (Å²) < 4.78 is 0. The van der Waals surface area contributed by atoms with Crippen LogP contribution in [-0.2, 0) is 11.2 Å². The number of carbonyl (C=O) groups is 2. The van der Waals surface area contributed by atoms with Crippen molar-refractivity contribution < 1.29 is 14.7 Å². The Labute approximate surface area is 146 Å². The molecular weight excluding hydrogens is 359 g/mol. The highest BCUT2D eigenvalue weighted by atomic mass is 35.5. The van der Waals surface area contributed by atoms with Gasteiger partial charge in [-0.2, -0.15) is 5.11 Å². The van der Waals surface area contributed by atoms with Gasteiger partial charge in [-0.25, -0.2) is 0 Å². The Kier molecular flexibility index (Phi) is 5.87. The van der Waals surface area contributed by atoms with Crippen molar-refractivity contribution in [1.82, 2.24) is 0 Å². The molecule has 0 aliphatic heterocycles. The quantitative estimate of drug-likeness (QED) is 0.337. The van der Waals surface area contributed by atoms with Crippen LogP contribution in [0.25, 0.3) is 0 Å². The van der Waals surface area contributed by atoms with E-state index in [2.05, 4.69) is 10.2 Å². The van der Waals surface area contributed by atoms with Crippen molar-refractivity contribution in [2.45, 2.75) is 18.8 Å². The Balaban J connectivity index is 2.42. The molecule has 5 nitrogen and oxygen atoms in total. The topological polar surface area (TPSA) is 81.9 Å². The minimum absolute atomic E-state index is 0.290. The number of hydrogen-bond donors (Lipinski definition) is 0. The van der Waals surface area contributed by atoms with E-state index in [1.165, 1.54) is 11.3 Å². The van der Waals surface area contributed by atoms with Crippen molar-refractivity contribution in [3.8, 4) is 0 Å². The lowest BCUT2D eigenvalue weighted by Gasteiger charge is -2.03. The van der Waals surface area contributed by atoms with Gasteiger partial charge in [0.2, 0.25) is 0 Å². The molecule has 0 amide bonds. The monoisotopic (exact) mass is 369 g/mol. The van der Waals surface area contributed by atoms with E-state index in [4.69, 9.17) is 23.2 Å². The number of nitrogens with zero attached hydrogens (tertiary/aromatic N) is 2. The number of azo groups is 1. The number of hydrogen-bond acceptors (Lipinski definition) is 6. The maximum absolute atomic E-state index is 12.7. The first-order chi connectivity index (χ1) is 10.9. The van der Waals surface area contributed by atoms with E-state index in [9.17, 15) is 14.7 Å². The summed E-state index contributed by atoms with van der Waals surface area (Å²) in [5.41, 5.74) is -0.954. The number of aliphatic carboxylic acids is 1. The molecule has 0 saturated carbocycles. The number of thiophene rings is 1. The van der Waals surface area contributed by atoms with E-state index in [1.807, 2.05) is 6.92 Å². The Hall–Kier alpha value is -1.76. The van der Waals surface area contributed by atoms with E-state index in [0.29, 0.717) is 27.6 Å². The van der Waals surface area contributed by atoms with E-state index in [1.54, 1.807) is 30.3 Å². The van der Waals surface area contributed by atoms with Crippen LogP contribution in [0.15, 0.2) is 40.6 Å². The fraction of sp³-hybridized carbons (Fsp3) is 0.200. The van der Waals surface area contributed by atoms with Gasteiger partial charge in [-0.15, -0.1) is 16.5 Å². The number of carboxylic acids is 1. The second-order valence-electron chi connectivity index (χ2n) is 4.46. The lowest BCUT2D eigenvalue weighted by molar-refractivity contribution is -0.305. The van der Waals surface area contributed by atoms with Crippen molar-refractivity contribution in [2.24, 2.45) is 10.2 Å². The lowest BCUT2D eigenvalue weighted by atomic mass is 10.0. The molecule has 1 unspecified atom stereocenters. The van der Waals surface area contributed by atoms with Crippen molar-refractivity contribution >= 4 is 51.3 Å². The highest BCUT2D eigenvalue weighted by Crippen LogP contribution is 2.34. The van der Waals surface area contributed by atoms with Gasteiger partial charge in [0.15, 0.2) is 11.3 Å². The summed E-state index contributed by atoms with van der Waals surface area (Å²) >= 11 is 12.8. The average molecular weight is 370 g/mol. The molecule has 0 aliphatic carbocycles. The predicted molar refractivity (Wildman–Crippen MR) is 87.7 cm³/mol. The van der Waals surface area contributed by atoms with Gasteiger partial charge in [0.05, 0.1) is 16.6 Å². The number of aryl methyl sites for hydroxylation is 1. The van der Waals surface area contributed by atoms with E-state index in [-0.39, 0.29) is 5.78 Å². The molecule has 0 aliphatic rings. The second kappa shape index (κ2) is 7.68. The Morgan fingerprint density at radius 2 is 2.00 bits per heavy atom. The number of carboxylic acid groups (broad SMARTS) is 1. The molecule has 2 aromatic rings. The van der Waals surface area contributed by atoms with Crippen molar-refractivity contribution in [1.29, 1.82) is 0 Å². The van der Waals surface area contributed by atoms with Crippen LogP contribution in [0.5, 0.6) is 0 Å². The Bertz CT molecular complexity index is 774. The van der Waals surface area contributed by atoms with Crippen molar-refractivity contribution in [3.63, 3.8) is 0 Å². The smallest absolute Gasteiger partial charge is 0.197 e. The third-order valence-electron chi connectivity index (χ3n) is 2.92. The van der Waals surface area contributed by atoms with Gasteiger partial charge in [0.25, 0.3) is 0 Å².